The van der Waals surface area contributed by atoms with Crippen LogP contribution in [0.5, 0.6) is 0 Å². The van der Waals surface area contributed by atoms with Gasteiger partial charge in [-0.2, -0.15) is 4.31 Å². The molecule has 1 aliphatic heterocycles. The summed E-state index contributed by atoms with van der Waals surface area (Å²) in [5, 5.41) is 0.142. The summed E-state index contributed by atoms with van der Waals surface area (Å²) in [7, 11) is -3.67. The average molecular weight is 448 g/mol. The lowest BCUT2D eigenvalue weighted by Gasteiger charge is -2.26. The number of carbonyl (C=O) groups is 1. The molecule has 0 bridgehead atoms. The van der Waals surface area contributed by atoms with Crippen molar-refractivity contribution in [1.82, 2.24) is 13.7 Å². The van der Waals surface area contributed by atoms with Crippen LogP contribution in [0.4, 0.5) is 0 Å². The van der Waals surface area contributed by atoms with Crippen molar-refractivity contribution in [2.75, 3.05) is 13.1 Å². The molecular weight excluding hydrogens is 426 g/mol. The molecule has 0 N–H and O–H groups in total. The number of esters is 1. The minimum atomic E-state index is -3.67. The normalized spacial score (nSPS) is 15.4. The largest absolute Gasteiger partial charge is 0.455 e. The zero-order valence-corrected chi connectivity index (χ0v) is 18.1. The number of benzene rings is 1. The molecule has 2 aromatic heterocycles. The summed E-state index contributed by atoms with van der Waals surface area (Å²) in [6.07, 6.45) is 6.34. The Hall–Kier alpha value is -2.42. The molecule has 7 nitrogen and oxygen atoms in total. The van der Waals surface area contributed by atoms with Gasteiger partial charge in [0, 0.05) is 25.5 Å². The van der Waals surface area contributed by atoms with E-state index in [2.05, 4.69) is 4.98 Å². The predicted octanol–water partition coefficient (Wildman–Crippen LogP) is 3.83. The van der Waals surface area contributed by atoms with Gasteiger partial charge in [-0.3, -0.25) is 0 Å². The predicted molar refractivity (Wildman–Crippen MR) is 113 cm³/mol. The van der Waals surface area contributed by atoms with Gasteiger partial charge in [0.2, 0.25) is 10.0 Å². The first kappa shape index (κ1) is 20.8. The quantitative estimate of drug-likeness (QED) is 0.555. The van der Waals surface area contributed by atoms with E-state index < -0.39 is 16.0 Å². The zero-order chi connectivity index (χ0) is 21.3. The minimum absolute atomic E-state index is 0.0229. The summed E-state index contributed by atoms with van der Waals surface area (Å²) in [6.45, 7) is 2.88. The Morgan fingerprint density at radius 1 is 1.20 bits per heavy atom. The fourth-order valence-electron chi connectivity index (χ4n) is 3.57. The first-order valence-corrected chi connectivity index (χ1v) is 11.6. The SMILES string of the molecule is Cc1cccn2cc(COC(=O)c3cc(S(=O)(=O)N4CCCCC4)ccc3Cl)nc12. The maximum atomic E-state index is 12.9. The first-order valence-electron chi connectivity index (χ1n) is 9.76. The van der Waals surface area contributed by atoms with E-state index in [9.17, 15) is 13.2 Å². The fourth-order valence-corrected chi connectivity index (χ4v) is 5.31. The van der Waals surface area contributed by atoms with E-state index in [1.165, 1.54) is 22.5 Å². The number of rotatable bonds is 5. The van der Waals surface area contributed by atoms with Crippen LogP contribution < -0.4 is 0 Å². The molecule has 0 atom stereocenters. The maximum Gasteiger partial charge on any atom is 0.340 e. The van der Waals surface area contributed by atoms with Crippen LogP contribution >= 0.6 is 11.6 Å². The number of fused-ring (bicyclic) bond motifs is 1. The number of piperidine rings is 1. The van der Waals surface area contributed by atoms with Gasteiger partial charge in [0.1, 0.15) is 12.3 Å². The number of hydrogen-bond acceptors (Lipinski definition) is 5. The van der Waals surface area contributed by atoms with E-state index in [1.807, 2.05) is 29.7 Å². The van der Waals surface area contributed by atoms with Crippen molar-refractivity contribution in [3.8, 4) is 0 Å². The molecular formula is C21H22ClN3O4S. The highest BCUT2D eigenvalue weighted by molar-refractivity contribution is 7.89. The van der Waals surface area contributed by atoms with Crippen molar-refractivity contribution < 1.29 is 17.9 Å². The molecule has 1 fully saturated rings. The molecule has 3 aromatic rings. The molecule has 0 spiro atoms. The molecule has 4 rings (SSSR count). The van der Waals surface area contributed by atoms with Crippen molar-refractivity contribution >= 4 is 33.2 Å². The highest BCUT2D eigenvalue weighted by Crippen LogP contribution is 2.26. The highest BCUT2D eigenvalue weighted by atomic mass is 35.5. The van der Waals surface area contributed by atoms with Gasteiger partial charge in [-0.1, -0.05) is 24.1 Å². The van der Waals surface area contributed by atoms with Crippen molar-refractivity contribution in [1.29, 1.82) is 0 Å². The summed E-state index contributed by atoms with van der Waals surface area (Å²) in [6, 6.07) is 8.00. The molecule has 9 heteroatoms. The van der Waals surface area contributed by atoms with E-state index in [0.29, 0.717) is 18.8 Å². The second kappa shape index (κ2) is 8.37. The summed E-state index contributed by atoms with van der Waals surface area (Å²) < 4.78 is 34.5. The van der Waals surface area contributed by atoms with E-state index >= 15 is 0 Å². The Balaban J connectivity index is 1.53. The smallest absolute Gasteiger partial charge is 0.340 e. The zero-order valence-electron chi connectivity index (χ0n) is 16.5. The number of aromatic nitrogens is 2. The van der Waals surface area contributed by atoms with Crippen LogP contribution in [0.2, 0.25) is 5.02 Å². The average Bonchev–Trinajstić information content (AvgIpc) is 3.17. The summed E-state index contributed by atoms with van der Waals surface area (Å²) in [5.41, 5.74) is 2.41. The summed E-state index contributed by atoms with van der Waals surface area (Å²) in [5.74, 6) is -0.690. The van der Waals surface area contributed by atoms with Gasteiger partial charge in [0.15, 0.2) is 0 Å². The molecule has 1 saturated heterocycles. The van der Waals surface area contributed by atoms with Gasteiger partial charge in [-0.25, -0.2) is 18.2 Å². The number of pyridine rings is 1. The molecule has 158 valence electrons. The lowest BCUT2D eigenvalue weighted by atomic mass is 10.2. The second-order valence-corrected chi connectivity index (χ2v) is 9.68. The highest BCUT2D eigenvalue weighted by Gasteiger charge is 2.27. The molecule has 1 aromatic carbocycles. The monoisotopic (exact) mass is 447 g/mol. The van der Waals surface area contributed by atoms with Crippen LogP contribution in [0.15, 0.2) is 47.6 Å². The third-order valence-electron chi connectivity index (χ3n) is 5.19. The Labute approximate surface area is 180 Å². The van der Waals surface area contributed by atoms with Gasteiger partial charge in [-0.15, -0.1) is 0 Å². The molecule has 3 heterocycles. The van der Waals surface area contributed by atoms with Crippen molar-refractivity contribution in [2.45, 2.75) is 37.7 Å². The van der Waals surface area contributed by atoms with Gasteiger partial charge in [-0.05, 0) is 49.6 Å². The molecule has 0 aliphatic carbocycles. The van der Waals surface area contributed by atoms with Gasteiger partial charge >= 0.3 is 5.97 Å². The van der Waals surface area contributed by atoms with Crippen molar-refractivity contribution in [3.05, 3.63) is 64.6 Å². The Kier molecular flexibility index (Phi) is 5.81. The molecule has 0 saturated carbocycles. The number of carbonyl (C=O) groups excluding carboxylic acids is 1. The van der Waals surface area contributed by atoms with Crippen LogP contribution in [0.25, 0.3) is 5.65 Å². The lowest BCUT2D eigenvalue weighted by Crippen LogP contribution is -2.35. The number of hydrogen-bond donors (Lipinski definition) is 0. The number of sulfonamides is 1. The Morgan fingerprint density at radius 2 is 1.97 bits per heavy atom. The fraction of sp³-hybridized carbons (Fsp3) is 0.333. The topological polar surface area (TPSA) is 81.0 Å². The number of aryl methyl sites for hydroxylation is 1. The van der Waals surface area contributed by atoms with Crippen LogP contribution in [0, 0.1) is 6.92 Å². The van der Waals surface area contributed by atoms with Crippen LogP contribution in [-0.2, 0) is 21.4 Å². The molecule has 30 heavy (non-hydrogen) atoms. The Morgan fingerprint density at radius 3 is 2.70 bits per heavy atom. The van der Waals surface area contributed by atoms with Crippen LogP contribution in [0.1, 0.15) is 40.9 Å². The number of imidazole rings is 1. The third kappa shape index (κ3) is 4.08. The third-order valence-corrected chi connectivity index (χ3v) is 7.41. The number of ether oxygens (including phenoxy) is 1. The maximum absolute atomic E-state index is 12.9. The van der Waals surface area contributed by atoms with Crippen LogP contribution in [0.3, 0.4) is 0 Å². The molecule has 0 radical (unpaired) electrons. The summed E-state index contributed by atoms with van der Waals surface area (Å²) in [4.78, 5) is 17.1. The standard InChI is InChI=1S/C21H22ClN3O4S/c1-15-6-5-9-24-13-16(23-20(15)24)14-29-21(26)18-12-17(7-8-19(18)22)30(27,28)25-10-3-2-4-11-25/h5-9,12-13H,2-4,10-11,14H2,1H3. The first-order chi connectivity index (χ1) is 14.4. The molecule has 1 aliphatic rings. The molecule has 0 unspecified atom stereocenters. The lowest BCUT2D eigenvalue weighted by molar-refractivity contribution is 0.0468. The molecule has 0 amide bonds. The van der Waals surface area contributed by atoms with E-state index in [0.717, 1.165) is 30.5 Å². The summed E-state index contributed by atoms with van der Waals surface area (Å²) >= 11 is 6.16. The van der Waals surface area contributed by atoms with E-state index in [4.69, 9.17) is 16.3 Å². The van der Waals surface area contributed by atoms with Gasteiger partial charge in [0.25, 0.3) is 0 Å². The van der Waals surface area contributed by atoms with Crippen molar-refractivity contribution in [2.24, 2.45) is 0 Å². The van der Waals surface area contributed by atoms with Crippen molar-refractivity contribution in [3.63, 3.8) is 0 Å². The van der Waals surface area contributed by atoms with Crippen LogP contribution in [-0.4, -0.2) is 41.2 Å². The number of halogens is 1. The second-order valence-electron chi connectivity index (χ2n) is 7.34. The van der Waals surface area contributed by atoms with E-state index in [-0.39, 0.29) is 22.1 Å². The van der Waals surface area contributed by atoms with Gasteiger partial charge < -0.3 is 9.14 Å². The van der Waals surface area contributed by atoms with Gasteiger partial charge in [0.05, 0.1) is 21.2 Å². The van der Waals surface area contributed by atoms with E-state index in [1.54, 1.807) is 6.20 Å². The Bertz CT molecular complexity index is 1200. The minimum Gasteiger partial charge on any atom is -0.455 e. The number of nitrogens with zero attached hydrogens (tertiary/aromatic N) is 3.